The lowest BCUT2D eigenvalue weighted by Gasteiger charge is -2.13. The maximum Gasteiger partial charge on any atom is 0.340 e. The summed E-state index contributed by atoms with van der Waals surface area (Å²) in [6, 6.07) is 4.62. The maximum absolute atomic E-state index is 12.8. The summed E-state index contributed by atoms with van der Waals surface area (Å²) >= 11 is 6.08. The molecule has 0 fully saturated rings. The molecular formula is C16H16ClN5O4S. The Morgan fingerprint density at radius 3 is 2.59 bits per heavy atom. The van der Waals surface area contributed by atoms with Crippen LogP contribution in [-0.2, 0) is 14.8 Å². The van der Waals surface area contributed by atoms with Gasteiger partial charge in [0.15, 0.2) is 0 Å². The smallest absolute Gasteiger partial charge is 0.340 e. The van der Waals surface area contributed by atoms with Crippen molar-refractivity contribution < 1.29 is 17.9 Å². The number of methoxy groups -OCH3 is 1. The molecule has 0 radical (unpaired) electrons. The van der Waals surface area contributed by atoms with E-state index in [1.165, 1.54) is 23.8 Å². The van der Waals surface area contributed by atoms with Crippen LogP contribution in [0.25, 0.3) is 5.78 Å². The van der Waals surface area contributed by atoms with Crippen LogP contribution >= 0.6 is 11.6 Å². The van der Waals surface area contributed by atoms with Crippen LogP contribution in [0.1, 0.15) is 27.3 Å². The molecule has 2 heterocycles. The molecule has 1 aromatic carbocycles. The van der Waals surface area contributed by atoms with Crippen molar-refractivity contribution in [3.05, 3.63) is 45.7 Å². The molecule has 0 aliphatic heterocycles. The lowest BCUT2D eigenvalue weighted by atomic mass is 10.1. The average Bonchev–Trinajstić information content (AvgIpc) is 3.04. The number of hydrogen-bond acceptors (Lipinski definition) is 7. The fourth-order valence-electron chi connectivity index (χ4n) is 2.54. The second-order valence-electron chi connectivity index (χ2n) is 5.84. The second kappa shape index (κ2) is 6.78. The summed E-state index contributed by atoms with van der Waals surface area (Å²) < 4.78 is 34.0. The Bertz CT molecular complexity index is 1170. The minimum Gasteiger partial charge on any atom is -0.465 e. The summed E-state index contributed by atoms with van der Waals surface area (Å²) in [6.45, 7) is 5.11. The van der Waals surface area contributed by atoms with Crippen LogP contribution in [0.4, 0.5) is 5.69 Å². The molecule has 0 spiro atoms. The third kappa shape index (κ3) is 3.45. The predicted molar refractivity (Wildman–Crippen MR) is 98.6 cm³/mol. The van der Waals surface area contributed by atoms with E-state index in [-0.39, 0.29) is 22.1 Å². The summed E-state index contributed by atoms with van der Waals surface area (Å²) in [7, 11) is -3.01. The van der Waals surface area contributed by atoms with Gasteiger partial charge >= 0.3 is 5.97 Å². The number of carbonyl (C=O) groups excluding carboxylic acids is 1. The van der Waals surface area contributed by atoms with Gasteiger partial charge in [-0.3, -0.25) is 4.72 Å². The van der Waals surface area contributed by atoms with Gasteiger partial charge < -0.3 is 4.74 Å². The van der Waals surface area contributed by atoms with Crippen LogP contribution in [0.2, 0.25) is 5.02 Å². The molecule has 0 atom stereocenters. The molecule has 0 bridgehead atoms. The first-order valence-corrected chi connectivity index (χ1v) is 9.61. The molecule has 0 aliphatic rings. The van der Waals surface area contributed by atoms with E-state index in [0.29, 0.717) is 17.0 Å². The summed E-state index contributed by atoms with van der Waals surface area (Å²) in [5.74, 6) is -0.549. The fourth-order valence-corrected chi connectivity index (χ4v) is 3.71. The molecule has 27 heavy (non-hydrogen) atoms. The van der Waals surface area contributed by atoms with E-state index in [4.69, 9.17) is 16.3 Å². The number of aryl methyl sites for hydroxylation is 2. The third-order valence-electron chi connectivity index (χ3n) is 3.88. The Morgan fingerprint density at radius 2 is 1.93 bits per heavy atom. The van der Waals surface area contributed by atoms with Crippen molar-refractivity contribution in [3.63, 3.8) is 0 Å². The number of nitrogens with one attached hydrogen (secondary N) is 1. The molecule has 1 N–H and O–H groups in total. The van der Waals surface area contributed by atoms with Crippen molar-refractivity contribution in [2.45, 2.75) is 25.9 Å². The zero-order chi connectivity index (χ0) is 19.9. The zero-order valence-corrected chi connectivity index (χ0v) is 16.5. The minimum atomic E-state index is -4.21. The monoisotopic (exact) mass is 409 g/mol. The molecule has 0 saturated heterocycles. The Morgan fingerprint density at radius 1 is 1.22 bits per heavy atom. The van der Waals surface area contributed by atoms with Gasteiger partial charge in [-0.1, -0.05) is 11.6 Å². The van der Waals surface area contributed by atoms with E-state index in [2.05, 4.69) is 19.8 Å². The molecule has 0 amide bonds. The highest BCUT2D eigenvalue weighted by molar-refractivity contribution is 7.92. The van der Waals surface area contributed by atoms with Crippen molar-refractivity contribution in [2.75, 3.05) is 11.8 Å². The maximum atomic E-state index is 12.8. The number of carbonyl (C=O) groups is 1. The summed E-state index contributed by atoms with van der Waals surface area (Å²) in [6.07, 6.45) is 0. The van der Waals surface area contributed by atoms with Gasteiger partial charge in [0.25, 0.3) is 21.0 Å². The predicted octanol–water partition coefficient (Wildman–Crippen LogP) is 2.29. The molecule has 9 nitrogen and oxygen atoms in total. The Hall–Kier alpha value is -2.72. The number of anilines is 1. The fraction of sp³-hybridized carbons (Fsp3) is 0.250. The molecule has 142 valence electrons. The van der Waals surface area contributed by atoms with E-state index in [1.807, 2.05) is 0 Å². The van der Waals surface area contributed by atoms with Crippen LogP contribution in [0.5, 0.6) is 0 Å². The van der Waals surface area contributed by atoms with Gasteiger partial charge in [0.1, 0.15) is 0 Å². The highest BCUT2D eigenvalue weighted by Crippen LogP contribution is 2.30. The molecule has 11 heteroatoms. The Balaban J connectivity index is 2.12. The number of ether oxygens (including phenoxy) is 1. The van der Waals surface area contributed by atoms with Gasteiger partial charge in [0.2, 0.25) is 0 Å². The van der Waals surface area contributed by atoms with Crippen molar-refractivity contribution in [1.82, 2.24) is 19.6 Å². The van der Waals surface area contributed by atoms with Gasteiger partial charge in [-0.25, -0.2) is 14.3 Å². The minimum absolute atomic E-state index is 0.00840. The molecular weight excluding hydrogens is 394 g/mol. The molecule has 2 aromatic heterocycles. The number of sulfonamides is 1. The average molecular weight is 410 g/mol. The van der Waals surface area contributed by atoms with Crippen molar-refractivity contribution in [3.8, 4) is 0 Å². The lowest BCUT2D eigenvalue weighted by molar-refractivity contribution is 0.0602. The lowest BCUT2D eigenvalue weighted by Crippen LogP contribution is -2.18. The van der Waals surface area contributed by atoms with Crippen LogP contribution < -0.4 is 4.72 Å². The van der Waals surface area contributed by atoms with Crippen LogP contribution in [0.3, 0.4) is 0 Å². The van der Waals surface area contributed by atoms with E-state index in [9.17, 15) is 13.2 Å². The number of esters is 1. The highest BCUT2D eigenvalue weighted by Gasteiger charge is 2.26. The van der Waals surface area contributed by atoms with Gasteiger partial charge in [0, 0.05) is 16.4 Å². The number of rotatable bonds is 4. The second-order valence-corrected chi connectivity index (χ2v) is 7.82. The van der Waals surface area contributed by atoms with Gasteiger partial charge in [-0.05, 0) is 44.5 Å². The number of aromatic nitrogens is 4. The first-order valence-electron chi connectivity index (χ1n) is 7.75. The molecule has 3 rings (SSSR count). The van der Waals surface area contributed by atoms with E-state index in [1.54, 1.807) is 26.8 Å². The first-order chi connectivity index (χ1) is 12.6. The summed E-state index contributed by atoms with van der Waals surface area (Å²) in [5.41, 5.74) is 1.77. The van der Waals surface area contributed by atoms with Gasteiger partial charge in [0.05, 0.1) is 18.4 Å². The normalized spacial score (nSPS) is 11.6. The van der Waals surface area contributed by atoms with E-state index >= 15 is 0 Å². The SMILES string of the molecule is COC(=O)c1ccc(Cl)c(C)c1NS(=O)(=O)c1nc2nc(C)cc(C)n2n1. The van der Waals surface area contributed by atoms with Crippen molar-refractivity contribution in [2.24, 2.45) is 0 Å². The number of benzene rings is 1. The molecule has 0 saturated carbocycles. The summed E-state index contributed by atoms with van der Waals surface area (Å²) in [4.78, 5) is 20.2. The number of halogens is 1. The number of hydrogen-bond donors (Lipinski definition) is 1. The molecule has 3 aromatic rings. The third-order valence-corrected chi connectivity index (χ3v) is 5.42. The first kappa shape index (κ1) is 19.1. The molecule has 0 unspecified atom stereocenters. The van der Waals surface area contributed by atoms with E-state index < -0.39 is 21.1 Å². The van der Waals surface area contributed by atoms with Crippen LogP contribution in [0, 0.1) is 20.8 Å². The number of fused-ring (bicyclic) bond motifs is 1. The van der Waals surface area contributed by atoms with Gasteiger partial charge in [-0.15, -0.1) is 5.10 Å². The highest BCUT2D eigenvalue weighted by atomic mass is 35.5. The number of nitrogens with zero attached hydrogens (tertiary/aromatic N) is 4. The molecule has 0 aliphatic carbocycles. The van der Waals surface area contributed by atoms with Crippen molar-refractivity contribution in [1.29, 1.82) is 0 Å². The standard InChI is InChI=1S/C16H16ClN5O4S/c1-8-7-9(2)22-15(18-8)19-16(20-22)27(24,25)21-13-10(3)12(17)6-5-11(13)14(23)26-4/h5-7,21H,1-4H3. The Labute approximate surface area is 160 Å². The topological polar surface area (TPSA) is 116 Å². The quantitative estimate of drug-likeness (QED) is 0.657. The van der Waals surface area contributed by atoms with Crippen LogP contribution in [0.15, 0.2) is 23.4 Å². The van der Waals surface area contributed by atoms with Crippen LogP contribution in [-0.4, -0.2) is 41.1 Å². The van der Waals surface area contributed by atoms with E-state index in [0.717, 1.165) is 0 Å². The van der Waals surface area contributed by atoms with Gasteiger partial charge in [-0.2, -0.15) is 13.4 Å². The summed E-state index contributed by atoms with van der Waals surface area (Å²) in [5, 5.41) is 3.83. The zero-order valence-electron chi connectivity index (χ0n) is 14.9. The Kier molecular flexibility index (Phi) is 4.79. The van der Waals surface area contributed by atoms with Crippen molar-refractivity contribution >= 4 is 39.1 Å². The largest absolute Gasteiger partial charge is 0.465 e.